The highest BCUT2D eigenvalue weighted by molar-refractivity contribution is 6.03. The third kappa shape index (κ3) is 3.53. The Morgan fingerprint density at radius 3 is 2.85 bits per heavy atom. The second-order valence-electron chi connectivity index (χ2n) is 6.68. The number of anilines is 1. The van der Waals surface area contributed by atoms with Crippen LogP contribution in [0.15, 0.2) is 54.6 Å². The molecule has 0 saturated carbocycles. The van der Waals surface area contributed by atoms with Crippen LogP contribution in [0.3, 0.4) is 0 Å². The standard InChI is InChI=1S/C21H22N4O/c1-15-11-20(24-25(15)14-16-5-3-2-4-6-16)23-21(26)18-7-8-19-13-22-10-9-17(19)12-18/h2-8,11-12,22H,9-10,13-14H2,1H3,(H,23,24,26). The average molecular weight is 346 g/mol. The second kappa shape index (κ2) is 7.14. The van der Waals surface area contributed by atoms with Gasteiger partial charge in [0.05, 0.1) is 6.54 Å². The second-order valence-corrected chi connectivity index (χ2v) is 6.68. The molecule has 2 N–H and O–H groups in total. The van der Waals surface area contributed by atoms with Gasteiger partial charge in [0.2, 0.25) is 0 Å². The van der Waals surface area contributed by atoms with Crippen LogP contribution < -0.4 is 10.6 Å². The van der Waals surface area contributed by atoms with Gasteiger partial charge in [0.25, 0.3) is 5.91 Å². The van der Waals surface area contributed by atoms with Crippen LogP contribution in [0.5, 0.6) is 0 Å². The van der Waals surface area contributed by atoms with Gasteiger partial charge in [0.1, 0.15) is 0 Å². The van der Waals surface area contributed by atoms with E-state index in [1.807, 2.05) is 54.1 Å². The third-order valence-electron chi connectivity index (χ3n) is 4.75. The van der Waals surface area contributed by atoms with Crippen molar-refractivity contribution in [1.82, 2.24) is 15.1 Å². The number of nitrogens with zero attached hydrogens (tertiary/aromatic N) is 2. The summed E-state index contributed by atoms with van der Waals surface area (Å²) >= 11 is 0. The Labute approximate surface area is 153 Å². The molecule has 26 heavy (non-hydrogen) atoms. The van der Waals surface area contributed by atoms with Gasteiger partial charge in [-0.15, -0.1) is 0 Å². The molecule has 1 aliphatic heterocycles. The number of carbonyl (C=O) groups is 1. The summed E-state index contributed by atoms with van der Waals surface area (Å²) in [6.07, 6.45) is 0.960. The zero-order valence-corrected chi connectivity index (χ0v) is 14.8. The molecule has 0 saturated heterocycles. The van der Waals surface area contributed by atoms with Gasteiger partial charge in [0, 0.05) is 23.9 Å². The monoisotopic (exact) mass is 346 g/mol. The molecule has 0 radical (unpaired) electrons. The van der Waals surface area contributed by atoms with E-state index in [1.54, 1.807) is 0 Å². The van der Waals surface area contributed by atoms with E-state index in [4.69, 9.17) is 0 Å². The molecule has 3 aromatic rings. The van der Waals surface area contributed by atoms with Crippen molar-refractivity contribution in [3.05, 3.63) is 82.5 Å². The van der Waals surface area contributed by atoms with Crippen molar-refractivity contribution in [2.24, 2.45) is 0 Å². The lowest BCUT2D eigenvalue weighted by atomic mass is 9.98. The molecule has 0 spiro atoms. The Kier molecular flexibility index (Phi) is 4.54. The quantitative estimate of drug-likeness (QED) is 0.763. The fourth-order valence-electron chi connectivity index (χ4n) is 3.29. The van der Waals surface area contributed by atoms with E-state index in [0.29, 0.717) is 17.9 Å². The first kappa shape index (κ1) is 16.5. The predicted molar refractivity (Wildman–Crippen MR) is 102 cm³/mol. The lowest BCUT2D eigenvalue weighted by Gasteiger charge is -2.17. The van der Waals surface area contributed by atoms with Crippen LogP contribution in [0, 0.1) is 6.92 Å². The number of aromatic nitrogens is 2. The number of hydrogen-bond donors (Lipinski definition) is 2. The molecular formula is C21H22N4O. The fourth-order valence-corrected chi connectivity index (χ4v) is 3.29. The topological polar surface area (TPSA) is 59.0 Å². The molecule has 0 bridgehead atoms. The van der Waals surface area contributed by atoms with E-state index in [9.17, 15) is 4.79 Å². The van der Waals surface area contributed by atoms with Crippen LogP contribution >= 0.6 is 0 Å². The minimum absolute atomic E-state index is 0.115. The van der Waals surface area contributed by atoms with Crippen LogP contribution in [0.4, 0.5) is 5.82 Å². The van der Waals surface area contributed by atoms with Crippen molar-refractivity contribution in [3.63, 3.8) is 0 Å². The Bertz CT molecular complexity index is 930. The first-order valence-electron chi connectivity index (χ1n) is 8.91. The summed E-state index contributed by atoms with van der Waals surface area (Å²) in [5, 5.41) is 10.8. The highest BCUT2D eigenvalue weighted by Crippen LogP contribution is 2.18. The molecule has 132 valence electrons. The Hall–Kier alpha value is -2.92. The van der Waals surface area contributed by atoms with Crippen LogP contribution in [0.25, 0.3) is 0 Å². The van der Waals surface area contributed by atoms with Crippen molar-refractivity contribution in [2.45, 2.75) is 26.4 Å². The van der Waals surface area contributed by atoms with E-state index in [2.05, 4.69) is 27.9 Å². The van der Waals surface area contributed by atoms with Gasteiger partial charge in [0.15, 0.2) is 5.82 Å². The van der Waals surface area contributed by atoms with E-state index < -0.39 is 0 Å². The van der Waals surface area contributed by atoms with Crippen LogP contribution in [0.2, 0.25) is 0 Å². The summed E-state index contributed by atoms with van der Waals surface area (Å²) in [7, 11) is 0. The molecule has 5 heteroatoms. The summed E-state index contributed by atoms with van der Waals surface area (Å²) < 4.78 is 1.91. The maximum Gasteiger partial charge on any atom is 0.256 e. The van der Waals surface area contributed by atoms with Gasteiger partial charge in [-0.25, -0.2) is 0 Å². The highest BCUT2D eigenvalue weighted by Gasteiger charge is 2.14. The van der Waals surface area contributed by atoms with E-state index >= 15 is 0 Å². The lowest BCUT2D eigenvalue weighted by molar-refractivity contribution is 0.102. The SMILES string of the molecule is Cc1cc(NC(=O)c2ccc3c(c2)CCNC3)nn1Cc1ccccc1. The van der Waals surface area contributed by atoms with E-state index in [0.717, 1.165) is 25.2 Å². The summed E-state index contributed by atoms with van der Waals surface area (Å²) in [5.74, 6) is 0.471. The Morgan fingerprint density at radius 2 is 2.00 bits per heavy atom. The van der Waals surface area contributed by atoms with E-state index in [1.165, 1.54) is 16.7 Å². The molecule has 1 aliphatic rings. The van der Waals surface area contributed by atoms with Gasteiger partial charge in [-0.3, -0.25) is 9.48 Å². The number of hydrogen-bond acceptors (Lipinski definition) is 3. The summed E-state index contributed by atoms with van der Waals surface area (Å²) in [4.78, 5) is 12.6. The number of carbonyl (C=O) groups excluding carboxylic acids is 1. The van der Waals surface area contributed by atoms with Gasteiger partial charge >= 0.3 is 0 Å². The highest BCUT2D eigenvalue weighted by atomic mass is 16.1. The number of aryl methyl sites for hydroxylation is 1. The normalized spacial score (nSPS) is 13.3. The number of fused-ring (bicyclic) bond motifs is 1. The first-order chi connectivity index (χ1) is 12.7. The summed E-state index contributed by atoms with van der Waals surface area (Å²) in [5.41, 5.74) is 5.40. The molecule has 2 heterocycles. The Morgan fingerprint density at radius 1 is 1.15 bits per heavy atom. The summed E-state index contributed by atoms with van der Waals surface area (Å²) in [6, 6.07) is 18.0. The molecule has 0 unspecified atom stereocenters. The third-order valence-corrected chi connectivity index (χ3v) is 4.75. The predicted octanol–water partition coefficient (Wildman–Crippen LogP) is 3.14. The number of nitrogens with one attached hydrogen (secondary N) is 2. The zero-order chi connectivity index (χ0) is 17.9. The minimum Gasteiger partial charge on any atom is -0.312 e. The molecule has 5 nitrogen and oxygen atoms in total. The van der Waals surface area contributed by atoms with Gasteiger partial charge in [-0.05, 0) is 48.7 Å². The van der Waals surface area contributed by atoms with Crippen molar-refractivity contribution in [1.29, 1.82) is 0 Å². The number of rotatable bonds is 4. The number of amides is 1. The Balaban J connectivity index is 1.49. The van der Waals surface area contributed by atoms with Gasteiger partial charge in [-0.1, -0.05) is 36.4 Å². The fraction of sp³-hybridized carbons (Fsp3) is 0.238. The van der Waals surface area contributed by atoms with Crippen LogP contribution in [-0.2, 0) is 19.5 Å². The molecule has 0 aliphatic carbocycles. The molecule has 0 fully saturated rings. The van der Waals surface area contributed by atoms with Gasteiger partial charge in [-0.2, -0.15) is 5.10 Å². The largest absolute Gasteiger partial charge is 0.312 e. The van der Waals surface area contributed by atoms with Gasteiger partial charge < -0.3 is 10.6 Å². The smallest absolute Gasteiger partial charge is 0.256 e. The van der Waals surface area contributed by atoms with Crippen molar-refractivity contribution in [3.8, 4) is 0 Å². The molecule has 4 rings (SSSR count). The maximum absolute atomic E-state index is 12.6. The summed E-state index contributed by atoms with van der Waals surface area (Å²) in [6.45, 7) is 4.52. The van der Waals surface area contributed by atoms with Crippen molar-refractivity contribution in [2.75, 3.05) is 11.9 Å². The lowest BCUT2D eigenvalue weighted by Crippen LogP contribution is -2.24. The molecular weight excluding hydrogens is 324 g/mol. The molecule has 1 aromatic heterocycles. The van der Waals surface area contributed by atoms with Crippen molar-refractivity contribution < 1.29 is 4.79 Å². The zero-order valence-electron chi connectivity index (χ0n) is 14.8. The molecule has 1 amide bonds. The molecule has 2 aromatic carbocycles. The number of benzene rings is 2. The maximum atomic E-state index is 12.6. The van der Waals surface area contributed by atoms with Crippen molar-refractivity contribution >= 4 is 11.7 Å². The average Bonchev–Trinajstić information content (AvgIpc) is 3.01. The van der Waals surface area contributed by atoms with Crippen LogP contribution in [0.1, 0.15) is 32.7 Å². The first-order valence-corrected chi connectivity index (χ1v) is 8.91. The minimum atomic E-state index is -0.115. The van der Waals surface area contributed by atoms with Crippen LogP contribution in [-0.4, -0.2) is 22.2 Å². The molecule has 0 atom stereocenters. The van der Waals surface area contributed by atoms with E-state index in [-0.39, 0.29) is 5.91 Å².